The van der Waals surface area contributed by atoms with Gasteiger partial charge in [0.25, 0.3) is 0 Å². The highest BCUT2D eigenvalue weighted by Gasteiger charge is 2.22. The summed E-state index contributed by atoms with van der Waals surface area (Å²) in [6.07, 6.45) is 5.63. The summed E-state index contributed by atoms with van der Waals surface area (Å²) < 4.78 is 0. The molecular formula is C14H22N2S. The molecule has 1 fully saturated rings. The van der Waals surface area contributed by atoms with Gasteiger partial charge in [-0.25, -0.2) is 0 Å². The molecule has 2 rings (SSSR count). The van der Waals surface area contributed by atoms with Crippen molar-refractivity contribution in [1.29, 1.82) is 0 Å². The Kier molecular flexibility index (Phi) is 4.86. The van der Waals surface area contributed by atoms with Gasteiger partial charge in [0.15, 0.2) is 0 Å². The Hall–Kier alpha value is -0.540. The number of rotatable bonds is 4. The summed E-state index contributed by atoms with van der Waals surface area (Å²) in [4.78, 5) is 6.97. The fraction of sp³-hybridized carbons (Fsp3) is 0.643. The minimum atomic E-state index is 0.581. The van der Waals surface area contributed by atoms with Crippen LogP contribution in [0.1, 0.15) is 25.5 Å². The van der Waals surface area contributed by atoms with E-state index in [2.05, 4.69) is 47.7 Å². The predicted molar refractivity (Wildman–Crippen MR) is 75.5 cm³/mol. The fourth-order valence-electron chi connectivity index (χ4n) is 2.42. The zero-order chi connectivity index (χ0) is 12.1. The zero-order valence-electron chi connectivity index (χ0n) is 10.8. The minimum Gasteiger partial charge on any atom is -0.300 e. The van der Waals surface area contributed by atoms with Gasteiger partial charge in [-0.15, -0.1) is 0 Å². The van der Waals surface area contributed by atoms with Gasteiger partial charge < -0.3 is 4.90 Å². The molecule has 0 radical (unpaired) electrons. The molecule has 1 aliphatic rings. The first-order valence-electron chi connectivity index (χ1n) is 6.47. The molecule has 0 aromatic carbocycles. The van der Waals surface area contributed by atoms with Gasteiger partial charge in [-0.1, -0.05) is 6.07 Å². The molecular weight excluding hydrogens is 228 g/mol. The number of thioether (sulfide) groups is 1. The number of hydrogen-bond donors (Lipinski definition) is 0. The molecule has 1 atom stereocenters. The van der Waals surface area contributed by atoms with Gasteiger partial charge in [-0.2, -0.15) is 11.8 Å². The van der Waals surface area contributed by atoms with E-state index in [0.29, 0.717) is 6.04 Å². The molecule has 0 unspecified atom stereocenters. The second-order valence-electron chi connectivity index (χ2n) is 4.88. The Morgan fingerprint density at radius 1 is 1.41 bits per heavy atom. The van der Waals surface area contributed by atoms with Gasteiger partial charge in [0, 0.05) is 30.4 Å². The average Bonchev–Trinajstić information content (AvgIpc) is 2.40. The second kappa shape index (κ2) is 6.41. The Balaban J connectivity index is 1.88. The van der Waals surface area contributed by atoms with E-state index in [1.54, 1.807) is 0 Å². The summed E-state index contributed by atoms with van der Waals surface area (Å²) in [6.45, 7) is 2.32. The van der Waals surface area contributed by atoms with Crippen molar-refractivity contribution in [2.75, 3.05) is 18.6 Å². The highest BCUT2D eigenvalue weighted by molar-refractivity contribution is 7.99. The third-order valence-electron chi connectivity index (χ3n) is 3.69. The van der Waals surface area contributed by atoms with Crippen LogP contribution in [0.5, 0.6) is 0 Å². The van der Waals surface area contributed by atoms with Gasteiger partial charge in [-0.3, -0.25) is 4.98 Å². The van der Waals surface area contributed by atoms with Crippen LogP contribution in [0.25, 0.3) is 0 Å². The van der Waals surface area contributed by atoms with Gasteiger partial charge >= 0.3 is 0 Å². The molecule has 1 aromatic rings. The van der Waals surface area contributed by atoms with Crippen LogP contribution >= 0.6 is 11.8 Å². The van der Waals surface area contributed by atoms with Crippen molar-refractivity contribution < 1.29 is 0 Å². The topological polar surface area (TPSA) is 16.1 Å². The van der Waals surface area contributed by atoms with E-state index in [0.717, 1.165) is 12.5 Å². The summed E-state index contributed by atoms with van der Waals surface area (Å²) in [7, 11) is 2.27. The van der Waals surface area contributed by atoms with Crippen molar-refractivity contribution in [3.63, 3.8) is 0 Å². The van der Waals surface area contributed by atoms with Crippen molar-refractivity contribution in [3.8, 4) is 0 Å². The van der Waals surface area contributed by atoms with Crippen molar-refractivity contribution in [2.24, 2.45) is 0 Å². The molecule has 0 spiro atoms. The van der Waals surface area contributed by atoms with Crippen molar-refractivity contribution >= 4 is 11.8 Å². The molecule has 2 heterocycles. The Labute approximate surface area is 109 Å². The van der Waals surface area contributed by atoms with Crippen LogP contribution in [0, 0.1) is 0 Å². The van der Waals surface area contributed by atoms with Gasteiger partial charge in [0.1, 0.15) is 0 Å². The maximum atomic E-state index is 4.42. The van der Waals surface area contributed by atoms with Crippen molar-refractivity contribution in [1.82, 2.24) is 9.88 Å². The Bertz CT molecular complexity index is 322. The summed E-state index contributed by atoms with van der Waals surface area (Å²) >= 11 is 2.09. The third-order valence-corrected chi connectivity index (χ3v) is 4.74. The minimum absolute atomic E-state index is 0.581. The standard InChI is InChI=1S/C14H22N2S/c1-12(11-13-5-3-4-8-15-13)16(2)14-6-9-17-10-7-14/h3-5,8,12,14H,6-7,9-11H2,1-2H3/t12-/m0/s1. The van der Waals surface area contributed by atoms with E-state index in [9.17, 15) is 0 Å². The van der Waals surface area contributed by atoms with Crippen molar-refractivity contribution in [2.45, 2.75) is 38.3 Å². The van der Waals surface area contributed by atoms with Crippen LogP contribution < -0.4 is 0 Å². The normalized spacial score (nSPS) is 19.5. The molecule has 0 bridgehead atoms. The molecule has 0 aliphatic carbocycles. The van der Waals surface area contributed by atoms with Crippen LogP contribution in [0.4, 0.5) is 0 Å². The maximum Gasteiger partial charge on any atom is 0.0419 e. The van der Waals surface area contributed by atoms with E-state index in [1.165, 1.54) is 30.0 Å². The fourth-order valence-corrected chi connectivity index (χ4v) is 3.50. The van der Waals surface area contributed by atoms with Crippen LogP contribution in [0.3, 0.4) is 0 Å². The molecule has 1 saturated heterocycles. The number of hydrogen-bond acceptors (Lipinski definition) is 3. The summed E-state index contributed by atoms with van der Waals surface area (Å²) in [6, 6.07) is 7.54. The van der Waals surface area contributed by atoms with E-state index in [4.69, 9.17) is 0 Å². The maximum absolute atomic E-state index is 4.42. The first kappa shape index (κ1) is 12.9. The van der Waals surface area contributed by atoms with Gasteiger partial charge in [0.05, 0.1) is 0 Å². The predicted octanol–water partition coefficient (Wildman–Crippen LogP) is 2.84. The van der Waals surface area contributed by atoms with E-state index in [1.807, 2.05) is 12.3 Å². The number of nitrogens with zero attached hydrogens (tertiary/aromatic N) is 2. The molecule has 1 aliphatic heterocycles. The zero-order valence-corrected chi connectivity index (χ0v) is 11.6. The molecule has 1 aromatic heterocycles. The molecule has 0 N–H and O–H groups in total. The molecule has 17 heavy (non-hydrogen) atoms. The van der Waals surface area contributed by atoms with Crippen LogP contribution in [-0.2, 0) is 6.42 Å². The van der Waals surface area contributed by atoms with Gasteiger partial charge in [-0.05, 0) is 50.5 Å². The first-order chi connectivity index (χ1) is 8.27. The van der Waals surface area contributed by atoms with E-state index in [-0.39, 0.29) is 0 Å². The highest BCUT2D eigenvalue weighted by Crippen LogP contribution is 2.22. The second-order valence-corrected chi connectivity index (χ2v) is 6.11. The summed E-state index contributed by atoms with van der Waals surface area (Å²) in [5.41, 5.74) is 1.21. The molecule has 2 nitrogen and oxygen atoms in total. The smallest absolute Gasteiger partial charge is 0.0419 e. The van der Waals surface area contributed by atoms with Gasteiger partial charge in [0.2, 0.25) is 0 Å². The average molecular weight is 250 g/mol. The van der Waals surface area contributed by atoms with Crippen LogP contribution in [0.15, 0.2) is 24.4 Å². The summed E-state index contributed by atoms with van der Waals surface area (Å²) in [5, 5.41) is 0. The van der Waals surface area contributed by atoms with E-state index < -0.39 is 0 Å². The Morgan fingerprint density at radius 3 is 2.82 bits per heavy atom. The lowest BCUT2D eigenvalue weighted by atomic mass is 10.1. The SMILES string of the molecule is C[C@@H](Cc1ccccn1)N(C)C1CCSCC1. The van der Waals surface area contributed by atoms with E-state index >= 15 is 0 Å². The number of pyridine rings is 1. The van der Waals surface area contributed by atoms with Crippen LogP contribution in [0.2, 0.25) is 0 Å². The lowest BCUT2D eigenvalue weighted by Crippen LogP contribution is -2.41. The van der Waals surface area contributed by atoms with Crippen LogP contribution in [-0.4, -0.2) is 40.5 Å². The lowest BCUT2D eigenvalue weighted by molar-refractivity contribution is 0.172. The largest absolute Gasteiger partial charge is 0.300 e. The molecule has 0 amide bonds. The number of likely N-dealkylation sites (N-methyl/N-ethyl adjacent to an activating group) is 1. The molecule has 94 valence electrons. The van der Waals surface area contributed by atoms with Crippen molar-refractivity contribution in [3.05, 3.63) is 30.1 Å². The monoisotopic (exact) mass is 250 g/mol. The highest BCUT2D eigenvalue weighted by atomic mass is 32.2. The first-order valence-corrected chi connectivity index (χ1v) is 7.62. The number of aromatic nitrogens is 1. The Morgan fingerprint density at radius 2 is 2.18 bits per heavy atom. The summed E-state index contributed by atoms with van der Waals surface area (Å²) in [5.74, 6) is 2.65. The quantitative estimate of drug-likeness (QED) is 0.817. The molecule has 0 saturated carbocycles. The lowest BCUT2D eigenvalue weighted by Gasteiger charge is -2.35. The molecule has 3 heteroatoms. The third kappa shape index (κ3) is 3.71.